The summed E-state index contributed by atoms with van der Waals surface area (Å²) in [5, 5.41) is 19.6. The smallest absolute Gasteiger partial charge is 0.261 e. The zero-order valence-electron chi connectivity index (χ0n) is 13.7. The molecule has 26 heavy (non-hydrogen) atoms. The Morgan fingerprint density at radius 1 is 1.15 bits per heavy atom. The van der Waals surface area contributed by atoms with Crippen LogP contribution in [-0.2, 0) is 10.0 Å². The van der Waals surface area contributed by atoms with Crippen LogP contribution in [0, 0.1) is 16.7 Å². The number of rotatable bonds is 7. The van der Waals surface area contributed by atoms with Gasteiger partial charge in [-0.25, -0.2) is 8.42 Å². The molecule has 0 saturated carbocycles. The van der Waals surface area contributed by atoms with E-state index in [0.29, 0.717) is 17.1 Å². The second-order valence-corrected chi connectivity index (χ2v) is 6.64. The van der Waals surface area contributed by atoms with Crippen molar-refractivity contribution in [2.24, 2.45) is 10.8 Å². The van der Waals surface area contributed by atoms with Crippen molar-refractivity contribution in [1.82, 2.24) is 0 Å². The van der Waals surface area contributed by atoms with Gasteiger partial charge in [-0.15, -0.1) is 0 Å². The van der Waals surface area contributed by atoms with Crippen LogP contribution in [0.4, 0.5) is 11.4 Å². The molecule has 0 bridgehead atoms. The van der Waals surface area contributed by atoms with E-state index < -0.39 is 15.9 Å². The van der Waals surface area contributed by atoms with Crippen molar-refractivity contribution < 1.29 is 13.2 Å². The Kier molecular flexibility index (Phi) is 5.77. The summed E-state index contributed by atoms with van der Waals surface area (Å²) in [6.07, 6.45) is 0. The predicted molar refractivity (Wildman–Crippen MR) is 98.8 cm³/mol. The van der Waals surface area contributed by atoms with Crippen molar-refractivity contribution in [3.05, 3.63) is 48.5 Å². The number of anilines is 2. The molecule has 9 nitrogen and oxygen atoms in total. The lowest BCUT2D eigenvalue weighted by atomic mass is 10.3. The van der Waals surface area contributed by atoms with Gasteiger partial charge < -0.3 is 10.5 Å². The van der Waals surface area contributed by atoms with E-state index >= 15 is 0 Å². The number of nitrogens with two attached hydrogens (primary N) is 1. The highest BCUT2D eigenvalue weighted by atomic mass is 32.2. The Morgan fingerprint density at radius 3 is 2.23 bits per heavy atom. The normalized spacial score (nSPS) is 11.3. The Bertz CT molecular complexity index is 961. The van der Waals surface area contributed by atoms with Gasteiger partial charge in [0.2, 0.25) is 5.71 Å². The van der Waals surface area contributed by atoms with Crippen LogP contribution >= 0.6 is 0 Å². The van der Waals surface area contributed by atoms with Gasteiger partial charge in [0.15, 0.2) is 5.84 Å². The SMILES string of the molecule is COc1ccc(NS(=O)(=O)c2ccc(N/N=C(\C#N)C(=N)N)cc2)cc1. The number of ether oxygens (including phenoxy) is 1. The largest absolute Gasteiger partial charge is 0.497 e. The van der Waals surface area contributed by atoms with E-state index in [1.165, 1.54) is 31.4 Å². The van der Waals surface area contributed by atoms with E-state index in [0.717, 1.165) is 0 Å². The molecule has 0 atom stereocenters. The molecule has 0 fully saturated rings. The number of nitrogens with zero attached hydrogens (tertiary/aromatic N) is 2. The number of hydrazone groups is 1. The lowest BCUT2D eigenvalue weighted by Crippen LogP contribution is -2.21. The Balaban J connectivity index is 2.13. The number of methoxy groups -OCH3 is 1. The minimum absolute atomic E-state index is 0.0509. The van der Waals surface area contributed by atoms with E-state index in [-0.39, 0.29) is 10.6 Å². The summed E-state index contributed by atoms with van der Waals surface area (Å²) >= 11 is 0. The van der Waals surface area contributed by atoms with Gasteiger partial charge >= 0.3 is 0 Å². The number of nitriles is 1. The topological polar surface area (TPSA) is 153 Å². The third-order valence-electron chi connectivity index (χ3n) is 3.16. The number of sulfonamides is 1. The van der Waals surface area contributed by atoms with Crippen molar-refractivity contribution in [3.63, 3.8) is 0 Å². The van der Waals surface area contributed by atoms with Crippen LogP contribution in [0.15, 0.2) is 58.5 Å². The summed E-state index contributed by atoms with van der Waals surface area (Å²) in [5.41, 5.74) is 8.27. The van der Waals surface area contributed by atoms with Crippen LogP contribution in [0.3, 0.4) is 0 Å². The average Bonchev–Trinajstić information content (AvgIpc) is 2.62. The molecule has 0 aliphatic heterocycles. The van der Waals surface area contributed by atoms with Gasteiger partial charge in [0.1, 0.15) is 11.8 Å². The molecule has 0 aliphatic rings. The summed E-state index contributed by atoms with van der Waals surface area (Å²) in [5.74, 6) is 0.147. The maximum Gasteiger partial charge on any atom is 0.261 e. The van der Waals surface area contributed by atoms with Crippen LogP contribution in [0.5, 0.6) is 5.75 Å². The number of nitrogens with one attached hydrogen (secondary N) is 3. The van der Waals surface area contributed by atoms with Gasteiger partial charge in [-0.1, -0.05) is 0 Å². The number of hydrogen-bond acceptors (Lipinski definition) is 7. The summed E-state index contributed by atoms with van der Waals surface area (Å²) in [4.78, 5) is 0.0509. The molecule has 0 saturated heterocycles. The summed E-state index contributed by atoms with van der Waals surface area (Å²) in [6, 6.07) is 13.8. The average molecular weight is 372 g/mol. The van der Waals surface area contributed by atoms with Crippen LogP contribution in [0.2, 0.25) is 0 Å². The molecule has 0 radical (unpaired) electrons. The van der Waals surface area contributed by atoms with Crippen molar-refractivity contribution in [2.45, 2.75) is 4.90 Å². The molecule has 2 aromatic rings. The second-order valence-electron chi connectivity index (χ2n) is 4.96. The molecular formula is C16H16N6O3S. The predicted octanol–water partition coefficient (Wildman–Crippen LogP) is 1.72. The number of benzene rings is 2. The van der Waals surface area contributed by atoms with Crippen molar-refractivity contribution in [1.29, 1.82) is 10.7 Å². The highest BCUT2D eigenvalue weighted by Crippen LogP contribution is 2.20. The van der Waals surface area contributed by atoms with Crippen LogP contribution in [0.1, 0.15) is 0 Å². The monoisotopic (exact) mass is 372 g/mol. The summed E-state index contributed by atoms with van der Waals surface area (Å²) < 4.78 is 32.3. The minimum atomic E-state index is -3.76. The molecule has 0 aliphatic carbocycles. The lowest BCUT2D eigenvalue weighted by molar-refractivity contribution is 0.415. The van der Waals surface area contributed by atoms with E-state index in [4.69, 9.17) is 21.1 Å². The Hall–Kier alpha value is -3.58. The van der Waals surface area contributed by atoms with Gasteiger partial charge in [0.05, 0.1) is 17.7 Å². The zero-order valence-corrected chi connectivity index (χ0v) is 14.5. The third-order valence-corrected chi connectivity index (χ3v) is 4.56. The summed E-state index contributed by atoms with van der Waals surface area (Å²) in [6.45, 7) is 0. The van der Waals surface area contributed by atoms with Gasteiger partial charge in [-0.3, -0.25) is 15.6 Å². The van der Waals surface area contributed by atoms with E-state index in [9.17, 15) is 8.42 Å². The quantitative estimate of drug-likeness (QED) is 0.330. The first kappa shape index (κ1) is 18.8. The van der Waals surface area contributed by atoms with E-state index in [2.05, 4.69) is 15.2 Å². The van der Waals surface area contributed by atoms with Crippen LogP contribution < -0.4 is 20.6 Å². The van der Waals surface area contributed by atoms with E-state index in [1.54, 1.807) is 30.3 Å². The standard InChI is InChI=1S/C16H16N6O3S/c1-25-13-6-2-12(3-7-13)22-26(23,24)14-8-4-11(5-9-14)20-21-15(10-17)16(18)19/h2-9,20,22H,1H3,(H3,18,19)/b21-15+. The zero-order chi connectivity index (χ0) is 19.2. The van der Waals surface area contributed by atoms with Crippen LogP contribution in [-0.4, -0.2) is 27.1 Å². The Labute approximate surface area is 150 Å². The van der Waals surface area contributed by atoms with Gasteiger partial charge in [-0.05, 0) is 48.5 Å². The molecule has 134 valence electrons. The maximum absolute atomic E-state index is 12.4. The molecular weight excluding hydrogens is 356 g/mol. The van der Waals surface area contributed by atoms with Crippen molar-refractivity contribution >= 4 is 32.9 Å². The maximum atomic E-state index is 12.4. The van der Waals surface area contributed by atoms with Crippen LogP contribution in [0.25, 0.3) is 0 Å². The van der Waals surface area contributed by atoms with E-state index in [1.807, 2.05) is 0 Å². The highest BCUT2D eigenvalue weighted by Gasteiger charge is 2.14. The van der Waals surface area contributed by atoms with Crippen molar-refractivity contribution in [3.8, 4) is 11.8 Å². The lowest BCUT2D eigenvalue weighted by Gasteiger charge is -2.09. The molecule has 0 aromatic heterocycles. The molecule has 0 heterocycles. The Morgan fingerprint density at radius 2 is 1.73 bits per heavy atom. The molecule has 0 unspecified atom stereocenters. The number of hydrogen-bond donors (Lipinski definition) is 4. The molecule has 0 spiro atoms. The van der Waals surface area contributed by atoms with Crippen molar-refractivity contribution in [2.75, 3.05) is 17.3 Å². The minimum Gasteiger partial charge on any atom is -0.497 e. The van der Waals surface area contributed by atoms with Gasteiger partial charge in [-0.2, -0.15) is 10.4 Å². The molecule has 5 N–H and O–H groups in total. The molecule has 2 rings (SSSR count). The molecule has 2 aromatic carbocycles. The van der Waals surface area contributed by atoms with Gasteiger partial charge in [0, 0.05) is 5.69 Å². The first-order valence-electron chi connectivity index (χ1n) is 7.21. The third kappa shape index (κ3) is 4.71. The summed E-state index contributed by atoms with van der Waals surface area (Å²) in [7, 11) is -2.24. The highest BCUT2D eigenvalue weighted by molar-refractivity contribution is 7.92. The first-order valence-corrected chi connectivity index (χ1v) is 8.69. The fourth-order valence-corrected chi connectivity index (χ4v) is 2.91. The number of amidine groups is 1. The molecule has 10 heteroatoms. The van der Waals surface area contributed by atoms with Gasteiger partial charge in [0.25, 0.3) is 10.0 Å². The fourth-order valence-electron chi connectivity index (χ4n) is 1.85. The first-order chi connectivity index (χ1) is 12.4. The second kappa shape index (κ2) is 8.00. The fraction of sp³-hybridized carbons (Fsp3) is 0.0625. The molecule has 0 amide bonds.